The first-order valence-electron chi connectivity index (χ1n) is 3.96. The van der Waals surface area contributed by atoms with Gasteiger partial charge in [0.1, 0.15) is 5.82 Å². The number of aromatic nitrogens is 2. The Balaban J connectivity index is 0.000000980. The molecule has 6 heteroatoms. The molecule has 0 unspecified atom stereocenters. The number of aromatic amines is 1. The summed E-state index contributed by atoms with van der Waals surface area (Å²) in [7, 11) is 0. The van der Waals surface area contributed by atoms with Crippen LogP contribution in [0.15, 0.2) is 36.7 Å². The number of hydrogen-bond donors (Lipinski definition) is 3. The number of anilines is 1. The maximum atomic E-state index is 5.25. The topological polar surface area (TPSA) is 66.7 Å². The lowest BCUT2D eigenvalue weighted by Crippen LogP contribution is -2.05. The molecule has 0 radical (unpaired) electrons. The normalized spacial score (nSPS) is 8.60. The largest absolute Gasteiger partial charge is 0.345 e. The lowest BCUT2D eigenvalue weighted by Gasteiger charge is -2.00. The van der Waals surface area contributed by atoms with Gasteiger partial charge in [0, 0.05) is 23.6 Å². The van der Waals surface area contributed by atoms with Crippen LogP contribution in [-0.2, 0) is 0 Å². The number of nitrogens with two attached hydrogens (primary N) is 1. The van der Waals surface area contributed by atoms with Gasteiger partial charge in [0.2, 0.25) is 0 Å². The van der Waals surface area contributed by atoms with E-state index in [0.29, 0.717) is 0 Å². The van der Waals surface area contributed by atoms with Crippen LogP contribution in [-0.4, -0.2) is 9.97 Å². The van der Waals surface area contributed by atoms with Crippen LogP contribution in [0, 0.1) is 0 Å². The molecule has 1 aromatic carbocycles. The Morgan fingerprint density at radius 1 is 1.13 bits per heavy atom. The maximum Gasteiger partial charge on any atom is 0.137 e. The molecule has 0 amide bonds. The fourth-order valence-corrected chi connectivity index (χ4v) is 1.15. The standard InChI is InChI=1S/C9H10N4.2ClH/c10-13-8-3-1-7(2-4-8)9-11-5-6-12-9;;/h1-6,13H,10H2,(H,11,12);2*1H. The number of nitrogens with one attached hydrogen (secondary N) is 2. The summed E-state index contributed by atoms with van der Waals surface area (Å²) in [5, 5.41) is 0. The van der Waals surface area contributed by atoms with Crippen molar-refractivity contribution in [2.24, 2.45) is 5.84 Å². The molecular formula is C9H12Cl2N4. The molecule has 0 atom stereocenters. The van der Waals surface area contributed by atoms with Gasteiger partial charge in [-0.05, 0) is 24.3 Å². The number of nitrogens with zero attached hydrogens (tertiary/aromatic N) is 1. The van der Waals surface area contributed by atoms with E-state index in [1.165, 1.54) is 0 Å². The Labute approximate surface area is 100 Å². The molecule has 82 valence electrons. The van der Waals surface area contributed by atoms with Crippen molar-refractivity contribution in [2.45, 2.75) is 0 Å². The van der Waals surface area contributed by atoms with Crippen molar-refractivity contribution in [1.82, 2.24) is 9.97 Å². The van der Waals surface area contributed by atoms with Crippen LogP contribution in [0.25, 0.3) is 11.4 Å². The first-order chi connectivity index (χ1) is 6.40. The van der Waals surface area contributed by atoms with Crippen LogP contribution in [0.2, 0.25) is 0 Å². The monoisotopic (exact) mass is 246 g/mol. The molecule has 0 aliphatic heterocycles. The number of rotatable bonds is 2. The average Bonchev–Trinajstić information content (AvgIpc) is 2.71. The average molecular weight is 247 g/mol. The third kappa shape index (κ3) is 3.13. The van der Waals surface area contributed by atoms with E-state index in [2.05, 4.69) is 15.4 Å². The summed E-state index contributed by atoms with van der Waals surface area (Å²) >= 11 is 0. The van der Waals surface area contributed by atoms with E-state index in [1.807, 2.05) is 24.3 Å². The molecule has 0 aliphatic carbocycles. The number of halogens is 2. The van der Waals surface area contributed by atoms with Crippen molar-refractivity contribution in [3.8, 4) is 11.4 Å². The molecule has 0 spiro atoms. The first-order valence-corrected chi connectivity index (χ1v) is 3.96. The third-order valence-electron chi connectivity index (χ3n) is 1.82. The van der Waals surface area contributed by atoms with Gasteiger partial charge in [0.05, 0.1) is 0 Å². The zero-order valence-corrected chi connectivity index (χ0v) is 9.44. The van der Waals surface area contributed by atoms with Crippen molar-refractivity contribution < 1.29 is 0 Å². The quantitative estimate of drug-likeness (QED) is 0.563. The van der Waals surface area contributed by atoms with Crippen LogP contribution in [0.3, 0.4) is 0 Å². The first kappa shape index (κ1) is 13.8. The molecule has 2 rings (SSSR count). The zero-order chi connectivity index (χ0) is 9.10. The van der Waals surface area contributed by atoms with E-state index >= 15 is 0 Å². The molecule has 0 aliphatic rings. The third-order valence-corrected chi connectivity index (χ3v) is 1.82. The van der Waals surface area contributed by atoms with Crippen LogP contribution in [0.1, 0.15) is 0 Å². The van der Waals surface area contributed by atoms with Crippen molar-refractivity contribution >= 4 is 30.5 Å². The number of nitrogen functional groups attached to an aromatic ring is 1. The molecule has 1 heterocycles. The minimum Gasteiger partial charge on any atom is -0.345 e. The minimum absolute atomic E-state index is 0. The summed E-state index contributed by atoms with van der Waals surface area (Å²) in [5.74, 6) is 6.11. The molecular weight excluding hydrogens is 235 g/mol. The number of H-pyrrole nitrogens is 1. The molecule has 4 nitrogen and oxygen atoms in total. The number of imidazole rings is 1. The highest BCUT2D eigenvalue weighted by Crippen LogP contribution is 2.16. The summed E-state index contributed by atoms with van der Waals surface area (Å²) in [5.41, 5.74) is 4.50. The predicted molar refractivity (Wildman–Crippen MR) is 66.3 cm³/mol. The summed E-state index contributed by atoms with van der Waals surface area (Å²) in [6.07, 6.45) is 3.52. The van der Waals surface area contributed by atoms with Gasteiger partial charge >= 0.3 is 0 Å². The molecule has 0 fully saturated rings. The number of benzene rings is 1. The van der Waals surface area contributed by atoms with Crippen molar-refractivity contribution in [1.29, 1.82) is 0 Å². The molecule has 15 heavy (non-hydrogen) atoms. The smallest absolute Gasteiger partial charge is 0.137 e. The Bertz CT molecular complexity index is 372. The van der Waals surface area contributed by atoms with Gasteiger partial charge < -0.3 is 10.4 Å². The molecule has 0 saturated heterocycles. The molecule has 0 bridgehead atoms. The second-order valence-corrected chi connectivity index (χ2v) is 2.66. The fraction of sp³-hybridized carbons (Fsp3) is 0. The highest BCUT2D eigenvalue weighted by atomic mass is 35.5. The maximum absolute atomic E-state index is 5.25. The van der Waals surface area contributed by atoms with Crippen molar-refractivity contribution in [3.05, 3.63) is 36.7 Å². The van der Waals surface area contributed by atoms with Crippen LogP contribution in [0.4, 0.5) is 5.69 Å². The second kappa shape index (κ2) is 6.29. The van der Waals surface area contributed by atoms with E-state index < -0.39 is 0 Å². The van der Waals surface area contributed by atoms with E-state index in [1.54, 1.807) is 12.4 Å². The molecule has 1 aromatic heterocycles. The lowest BCUT2D eigenvalue weighted by atomic mass is 10.2. The minimum atomic E-state index is 0. The van der Waals surface area contributed by atoms with E-state index in [9.17, 15) is 0 Å². The molecule has 0 saturated carbocycles. The zero-order valence-electron chi connectivity index (χ0n) is 7.81. The van der Waals surface area contributed by atoms with Gasteiger partial charge in [-0.3, -0.25) is 5.84 Å². The lowest BCUT2D eigenvalue weighted by molar-refractivity contribution is 1.30. The second-order valence-electron chi connectivity index (χ2n) is 2.66. The Hall–Kier alpha value is -1.23. The van der Waals surface area contributed by atoms with Crippen molar-refractivity contribution in [3.63, 3.8) is 0 Å². The summed E-state index contributed by atoms with van der Waals surface area (Å²) < 4.78 is 0. The highest BCUT2D eigenvalue weighted by Gasteiger charge is 1.97. The van der Waals surface area contributed by atoms with Gasteiger partial charge in [0.15, 0.2) is 0 Å². The Morgan fingerprint density at radius 3 is 2.27 bits per heavy atom. The molecule has 2 aromatic rings. The summed E-state index contributed by atoms with van der Waals surface area (Å²) in [6, 6.07) is 7.71. The summed E-state index contributed by atoms with van der Waals surface area (Å²) in [4.78, 5) is 7.16. The van der Waals surface area contributed by atoms with Gasteiger partial charge in [-0.1, -0.05) is 0 Å². The summed E-state index contributed by atoms with van der Waals surface area (Å²) in [6.45, 7) is 0. The van der Waals surface area contributed by atoms with E-state index in [0.717, 1.165) is 17.1 Å². The Kier molecular flexibility index (Phi) is 5.77. The predicted octanol–water partition coefficient (Wildman–Crippen LogP) is 2.21. The van der Waals surface area contributed by atoms with Crippen LogP contribution >= 0.6 is 24.8 Å². The van der Waals surface area contributed by atoms with Crippen LogP contribution < -0.4 is 11.3 Å². The van der Waals surface area contributed by atoms with E-state index in [4.69, 9.17) is 5.84 Å². The SMILES string of the molecule is Cl.Cl.NNc1ccc(-c2ncc[nH]2)cc1. The molecule has 4 N–H and O–H groups in total. The van der Waals surface area contributed by atoms with Gasteiger partial charge in [-0.25, -0.2) is 4.98 Å². The van der Waals surface area contributed by atoms with Crippen molar-refractivity contribution in [2.75, 3.05) is 5.43 Å². The Morgan fingerprint density at radius 2 is 1.80 bits per heavy atom. The number of hydrazine groups is 1. The van der Waals surface area contributed by atoms with Gasteiger partial charge in [0.25, 0.3) is 0 Å². The number of hydrogen-bond acceptors (Lipinski definition) is 3. The van der Waals surface area contributed by atoms with E-state index in [-0.39, 0.29) is 24.8 Å². The van der Waals surface area contributed by atoms with Crippen LogP contribution in [0.5, 0.6) is 0 Å². The fourth-order valence-electron chi connectivity index (χ4n) is 1.15. The van der Waals surface area contributed by atoms with Gasteiger partial charge in [-0.15, -0.1) is 24.8 Å². The van der Waals surface area contributed by atoms with Gasteiger partial charge in [-0.2, -0.15) is 0 Å². The highest BCUT2D eigenvalue weighted by molar-refractivity contribution is 5.85.